The molecule has 0 saturated carbocycles. The van der Waals surface area contributed by atoms with Gasteiger partial charge < -0.3 is 0 Å². The van der Waals surface area contributed by atoms with Crippen LogP contribution in [0.4, 0.5) is 0 Å². The molecule has 0 heterocycles. The maximum Gasteiger partial charge on any atom is -0.00203 e. The summed E-state index contributed by atoms with van der Waals surface area (Å²) in [6.07, 6.45) is 0. The Morgan fingerprint density at radius 2 is 0.536 bits per heavy atom. The van der Waals surface area contributed by atoms with Crippen molar-refractivity contribution >= 4 is 75.4 Å². The van der Waals surface area contributed by atoms with Crippen LogP contribution in [0.5, 0.6) is 0 Å². The summed E-state index contributed by atoms with van der Waals surface area (Å²) in [5.41, 5.74) is 9.91. The van der Waals surface area contributed by atoms with E-state index in [9.17, 15) is 0 Å². The number of hydrogen-bond acceptors (Lipinski definition) is 0. The minimum absolute atomic E-state index is 1.23. The lowest BCUT2D eigenvalue weighted by molar-refractivity contribution is 1.62. The highest BCUT2D eigenvalue weighted by atomic mass is 14.2. The molecule has 0 saturated heterocycles. The van der Waals surface area contributed by atoms with Gasteiger partial charge in [0.25, 0.3) is 0 Å². The Hall–Kier alpha value is -7.28. The van der Waals surface area contributed by atoms with E-state index in [1.54, 1.807) is 0 Å². The average Bonchev–Trinajstić information content (AvgIpc) is 3.27. The Kier molecular flexibility index (Phi) is 6.73. The molecule has 0 unspecified atom stereocenters. The fourth-order valence-corrected chi connectivity index (χ4v) is 9.42. The van der Waals surface area contributed by atoms with Crippen molar-refractivity contribution in [2.24, 2.45) is 0 Å². The average molecular weight is 707 g/mol. The molecule has 12 aromatic rings. The van der Waals surface area contributed by atoms with Gasteiger partial charge >= 0.3 is 0 Å². The minimum atomic E-state index is 1.23. The Balaban J connectivity index is 0.962. The molecule has 0 aromatic heterocycles. The zero-order chi connectivity index (χ0) is 36.7. The van der Waals surface area contributed by atoms with Crippen LogP contribution in [-0.4, -0.2) is 0 Å². The smallest absolute Gasteiger partial charge is 0.00203 e. The second kappa shape index (κ2) is 12.1. The molecule has 0 atom stereocenters. The molecule has 258 valence electrons. The lowest BCUT2D eigenvalue weighted by Gasteiger charge is -2.17. The Labute approximate surface area is 324 Å². The summed E-state index contributed by atoms with van der Waals surface area (Å²) in [4.78, 5) is 0. The van der Waals surface area contributed by atoms with Crippen LogP contribution in [0.25, 0.3) is 120 Å². The van der Waals surface area contributed by atoms with Crippen molar-refractivity contribution < 1.29 is 0 Å². The van der Waals surface area contributed by atoms with Crippen molar-refractivity contribution in [1.82, 2.24) is 0 Å². The zero-order valence-electron chi connectivity index (χ0n) is 30.6. The van der Waals surface area contributed by atoms with Crippen molar-refractivity contribution in [3.05, 3.63) is 206 Å². The van der Waals surface area contributed by atoms with E-state index in [0.717, 1.165) is 0 Å². The van der Waals surface area contributed by atoms with E-state index < -0.39 is 0 Å². The molecule has 0 spiro atoms. The fraction of sp³-hybridized carbons (Fsp3) is 0. The Bertz CT molecular complexity index is 3290. The monoisotopic (exact) mass is 706 g/mol. The van der Waals surface area contributed by atoms with Crippen LogP contribution in [0.15, 0.2) is 206 Å². The highest BCUT2D eigenvalue weighted by Gasteiger charge is 2.16. The summed E-state index contributed by atoms with van der Waals surface area (Å²) in [6.45, 7) is 0. The van der Waals surface area contributed by atoms with E-state index in [4.69, 9.17) is 0 Å². The van der Waals surface area contributed by atoms with Crippen LogP contribution >= 0.6 is 0 Å². The molecule has 56 heavy (non-hydrogen) atoms. The quantitative estimate of drug-likeness (QED) is 0.160. The molecule has 0 bridgehead atoms. The van der Waals surface area contributed by atoms with Gasteiger partial charge in [-0.05, 0) is 144 Å². The summed E-state index contributed by atoms with van der Waals surface area (Å²) in [7, 11) is 0. The van der Waals surface area contributed by atoms with Gasteiger partial charge in [0.2, 0.25) is 0 Å². The van der Waals surface area contributed by atoms with E-state index in [1.807, 2.05) is 0 Å². The second-order valence-corrected chi connectivity index (χ2v) is 15.3. The van der Waals surface area contributed by atoms with Crippen LogP contribution in [0.2, 0.25) is 0 Å². The summed E-state index contributed by atoms with van der Waals surface area (Å²) in [5, 5.41) is 18.1. The van der Waals surface area contributed by atoms with E-state index in [-0.39, 0.29) is 0 Å². The normalized spacial score (nSPS) is 11.9. The van der Waals surface area contributed by atoms with Gasteiger partial charge in [0, 0.05) is 0 Å². The molecule has 0 aliphatic carbocycles. The lowest BCUT2D eigenvalue weighted by Crippen LogP contribution is -1.90. The lowest BCUT2D eigenvalue weighted by atomic mass is 9.86. The molecule has 0 fully saturated rings. The van der Waals surface area contributed by atoms with E-state index >= 15 is 0 Å². The number of fused-ring (bicyclic) bond motifs is 6. The first-order valence-corrected chi connectivity index (χ1v) is 19.5. The molecular weight excluding hydrogens is 673 g/mol. The summed E-state index contributed by atoms with van der Waals surface area (Å²) in [6, 6.07) is 76.7. The molecule has 0 radical (unpaired) electrons. The first kappa shape index (κ1) is 31.1. The van der Waals surface area contributed by atoms with Crippen molar-refractivity contribution in [2.75, 3.05) is 0 Å². The van der Waals surface area contributed by atoms with E-state index in [1.165, 1.54) is 120 Å². The van der Waals surface area contributed by atoms with Crippen LogP contribution in [0, 0.1) is 0 Å². The predicted molar refractivity (Wildman–Crippen MR) is 242 cm³/mol. The third kappa shape index (κ3) is 4.79. The van der Waals surface area contributed by atoms with Crippen molar-refractivity contribution in [1.29, 1.82) is 0 Å². The zero-order valence-corrected chi connectivity index (χ0v) is 30.6. The second-order valence-electron chi connectivity index (χ2n) is 15.3. The van der Waals surface area contributed by atoms with Crippen LogP contribution in [-0.2, 0) is 0 Å². The third-order valence-corrected chi connectivity index (χ3v) is 12.2. The SMILES string of the molecule is c1cc(-c2ccc3c(ccc4ccccc43)c2)cc(-c2ccc3ccc4c(-c5cccc(-c6ccc7c(ccc8ccccc87)c6)c5)ccc5ccc2c3c54)c1. The molecule has 0 N–H and O–H groups in total. The van der Waals surface area contributed by atoms with Gasteiger partial charge in [0.05, 0.1) is 0 Å². The molecule has 0 heteroatoms. The van der Waals surface area contributed by atoms with Crippen LogP contribution in [0.1, 0.15) is 0 Å². The first-order valence-electron chi connectivity index (χ1n) is 19.5. The molecule has 0 aliphatic rings. The van der Waals surface area contributed by atoms with Crippen molar-refractivity contribution in [3.8, 4) is 44.5 Å². The molecule has 12 aromatic carbocycles. The molecule has 0 amide bonds. The molecule has 12 rings (SSSR count). The van der Waals surface area contributed by atoms with Crippen molar-refractivity contribution in [2.45, 2.75) is 0 Å². The van der Waals surface area contributed by atoms with Crippen LogP contribution in [0.3, 0.4) is 0 Å². The largest absolute Gasteiger partial charge is 0.0616 e. The first-order chi connectivity index (χ1) is 27.7. The van der Waals surface area contributed by atoms with Gasteiger partial charge in [-0.15, -0.1) is 0 Å². The van der Waals surface area contributed by atoms with Gasteiger partial charge in [-0.3, -0.25) is 0 Å². The number of benzene rings is 12. The number of hydrogen-bond donors (Lipinski definition) is 0. The summed E-state index contributed by atoms with van der Waals surface area (Å²) >= 11 is 0. The minimum Gasteiger partial charge on any atom is -0.0616 e. The van der Waals surface area contributed by atoms with Gasteiger partial charge in [-0.2, -0.15) is 0 Å². The van der Waals surface area contributed by atoms with Crippen LogP contribution < -0.4 is 0 Å². The highest BCUT2D eigenvalue weighted by molar-refractivity contribution is 6.27. The van der Waals surface area contributed by atoms with Gasteiger partial charge in [-0.1, -0.05) is 182 Å². The predicted octanol–water partition coefficient (Wildman–Crippen LogP) is 15.9. The molecular formula is C56H34. The molecule has 0 aliphatic heterocycles. The Morgan fingerprint density at radius 1 is 0.179 bits per heavy atom. The number of rotatable bonds is 4. The maximum atomic E-state index is 2.36. The molecule has 0 nitrogen and oxygen atoms in total. The summed E-state index contributed by atoms with van der Waals surface area (Å²) in [5.74, 6) is 0. The Morgan fingerprint density at radius 3 is 1.04 bits per heavy atom. The van der Waals surface area contributed by atoms with Crippen molar-refractivity contribution in [3.63, 3.8) is 0 Å². The topological polar surface area (TPSA) is 0 Å². The fourth-order valence-electron chi connectivity index (χ4n) is 9.42. The van der Waals surface area contributed by atoms with Gasteiger partial charge in [0.15, 0.2) is 0 Å². The third-order valence-electron chi connectivity index (χ3n) is 12.2. The van der Waals surface area contributed by atoms with Gasteiger partial charge in [0.1, 0.15) is 0 Å². The summed E-state index contributed by atoms with van der Waals surface area (Å²) < 4.78 is 0. The highest BCUT2D eigenvalue weighted by Crippen LogP contribution is 2.43. The maximum absolute atomic E-state index is 2.36. The van der Waals surface area contributed by atoms with Gasteiger partial charge in [-0.25, -0.2) is 0 Å². The standard InChI is InChI=1S/C56H34/c1-3-13-47-35(7-1)15-17-45-33-41(23-27-49(45)47)39-9-5-11-43(31-39)51-25-19-37-22-30-54-52(26-20-38-21-29-53(51)55(37)56(38)54)44-12-6-10-40(32-44)42-24-28-50-46(34-42)18-16-36-8-2-4-14-48(36)50/h1-34H. The van der Waals surface area contributed by atoms with E-state index in [2.05, 4.69) is 206 Å². The van der Waals surface area contributed by atoms with E-state index in [0.29, 0.717) is 0 Å².